The van der Waals surface area contributed by atoms with Crippen molar-refractivity contribution in [2.75, 3.05) is 40.0 Å². The van der Waals surface area contributed by atoms with E-state index in [1.165, 1.54) is 0 Å². The molecule has 0 aromatic heterocycles. The number of methoxy groups -OCH3 is 1. The van der Waals surface area contributed by atoms with Crippen molar-refractivity contribution in [1.82, 2.24) is 5.32 Å². The van der Waals surface area contributed by atoms with Crippen molar-refractivity contribution in [3.8, 4) is 11.5 Å². The van der Waals surface area contributed by atoms with E-state index in [1.54, 1.807) is 7.11 Å². The summed E-state index contributed by atoms with van der Waals surface area (Å²) in [6.07, 6.45) is 0. The summed E-state index contributed by atoms with van der Waals surface area (Å²) < 4.78 is 15.9. The van der Waals surface area contributed by atoms with Gasteiger partial charge in [-0.1, -0.05) is 6.92 Å². The molecule has 0 spiro atoms. The zero-order chi connectivity index (χ0) is 12.8. The zero-order valence-electron chi connectivity index (χ0n) is 11.1. The van der Waals surface area contributed by atoms with Gasteiger partial charge in [-0.3, -0.25) is 0 Å². The Morgan fingerprint density at radius 2 is 1.89 bits per heavy atom. The Labute approximate surface area is 108 Å². The van der Waals surface area contributed by atoms with Crippen LogP contribution < -0.4 is 14.8 Å². The molecule has 1 aromatic carbocycles. The highest BCUT2D eigenvalue weighted by Crippen LogP contribution is 2.24. The first-order chi connectivity index (χ1) is 8.72. The molecule has 18 heavy (non-hydrogen) atoms. The van der Waals surface area contributed by atoms with Gasteiger partial charge in [-0.15, -0.1) is 0 Å². The van der Waals surface area contributed by atoms with Gasteiger partial charge in [0.15, 0.2) is 0 Å². The number of benzene rings is 1. The smallest absolute Gasteiger partial charge is 0.119 e. The van der Waals surface area contributed by atoms with Gasteiger partial charge in [0, 0.05) is 18.5 Å². The first-order valence-electron chi connectivity index (χ1n) is 6.27. The molecule has 4 nitrogen and oxygen atoms in total. The molecule has 0 atom stereocenters. The molecule has 1 heterocycles. The third-order valence-corrected chi connectivity index (χ3v) is 3.06. The molecular weight excluding hydrogens is 230 g/mol. The zero-order valence-corrected chi connectivity index (χ0v) is 11.1. The van der Waals surface area contributed by atoms with Crippen molar-refractivity contribution in [3.05, 3.63) is 24.3 Å². The van der Waals surface area contributed by atoms with E-state index < -0.39 is 0 Å². The number of hydrogen-bond acceptors (Lipinski definition) is 4. The van der Waals surface area contributed by atoms with Crippen LogP contribution in [0, 0.1) is 5.41 Å². The van der Waals surface area contributed by atoms with Crippen LogP contribution in [0.2, 0.25) is 0 Å². The minimum absolute atomic E-state index is 0.320. The number of hydrogen-bond donors (Lipinski definition) is 1. The lowest BCUT2D eigenvalue weighted by Gasteiger charge is -2.38. The Kier molecular flexibility index (Phi) is 4.44. The Bertz CT molecular complexity index is 360. The third kappa shape index (κ3) is 3.62. The van der Waals surface area contributed by atoms with Crippen LogP contribution in [0.5, 0.6) is 11.5 Å². The predicted octanol–water partition coefficient (Wildman–Crippen LogP) is 1.70. The quantitative estimate of drug-likeness (QED) is 0.749. The molecule has 0 aliphatic carbocycles. The van der Waals surface area contributed by atoms with Crippen LogP contribution in [0.15, 0.2) is 24.3 Å². The van der Waals surface area contributed by atoms with Gasteiger partial charge in [0.25, 0.3) is 0 Å². The number of nitrogens with one attached hydrogen (secondary N) is 1. The molecule has 1 fully saturated rings. The molecular formula is C14H21NO3. The van der Waals surface area contributed by atoms with E-state index in [0.29, 0.717) is 12.0 Å². The molecule has 100 valence electrons. The maximum Gasteiger partial charge on any atom is 0.119 e. The van der Waals surface area contributed by atoms with E-state index in [1.807, 2.05) is 24.3 Å². The Morgan fingerprint density at radius 1 is 1.22 bits per heavy atom. The monoisotopic (exact) mass is 251 g/mol. The normalized spacial score (nSPS) is 17.0. The van der Waals surface area contributed by atoms with Crippen LogP contribution >= 0.6 is 0 Å². The van der Waals surface area contributed by atoms with Crippen LogP contribution in [0.4, 0.5) is 0 Å². The van der Waals surface area contributed by atoms with Gasteiger partial charge < -0.3 is 19.5 Å². The van der Waals surface area contributed by atoms with Gasteiger partial charge in [0.1, 0.15) is 18.1 Å². The predicted molar refractivity (Wildman–Crippen MR) is 70.3 cm³/mol. The summed E-state index contributed by atoms with van der Waals surface area (Å²) >= 11 is 0. The van der Waals surface area contributed by atoms with E-state index >= 15 is 0 Å². The average molecular weight is 251 g/mol. The Hall–Kier alpha value is -1.26. The van der Waals surface area contributed by atoms with Crippen molar-refractivity contribution in [1.29, 1.82) is 0 Å². The molecule has 1 aromatic rings. The highest BCUT2D eigenvalue weighted by atomic mass is 16.5. The Balaban J connectivity index is 1.59. The molecule has 1 saturated heterocycles. The maximum atomic E-state index is 5.62. The van der Waals surface area contributed by atoms with E-state index in [2.05, 4.69) is 12.2 Å². The lowest BCUT2D eigenvalue weighted by molar-refractivity contribution is -0.0990. The highest BCUT2D eigenvalue weighted by Gasteiger charge is 2.32. The highest BCUT2D eigenvalue weighted by molar-refractivity contribution is 5.31. The summed E-state index contributed by atoms with van der Waals surface area (Å²) in [6.45, 7) is 6.45. The van der Waals surface area contributed by atoms with Crippen LogP contribution in [0.1, 0.15) is 6.92 Å². The summed E-state index contributed by atoms with van der Waals surface area (Å²) in [6, 6.07) is 7.63. The molecule has 4 heteroatoms. The van der Waals surface area contributed by atoms with Crippen molar-refractivity contribution in [2.45, 2.75) is 6.92 Å². The summed E-state index contributed by atoms with van der Waals surface area (Å²) in [5.74, 6) is 1.72. The first kappa shape index (κ1) is 13.2. The van der Waals surface area contributed by atoms with E-state index in [0.717, 1.165) is 37.8 Å². The largest absolute Gasteiger partial charge is 0.497 e. The lowest BCUT2D eigenvalue weighted by Crippen LogP contribution is -2.47. The summed E-state index contributed by atoms with van der Waals surface area (Å²) in [7, 11) is 1.66. The number of ether oxygens (including phenoxy) is 3. The molecule has 0 radical (unpaired) electrons. The first-order valence-corrected chi connectivity index (χ1v) is 6.27. The SMILES string of the molecule is COc1ccc(OCCNCC2(C)COC2)cc1. The van der Waals surface area contributed by atoms with Crippen LogP contribution in [-0.2, 0) is 4.74 Å². The maximum absolute atomic E-state index is 5.62. The average Bonchev–Trinajstić information content (AvgIpc) is 2.37. The van der Waals surface area contributed by atoms with Gasteiger partial charge in [0.05, 0.1) is 20.3 Å². The van der Waals surface area contributed by atoms with Crippen LogP contribution in [0.25, 0.3) is 0 Å². The Morgan fingerprint density at radius 3 is 2.44 bits per heavy atom. The molecule has 1 N–H and O–H groups in total. The lowest BCUT2D eigenvalue weighted by atomic mass is 9.89. The van der Waals surface area contributed by atoms with E-state index in [9.17, 15) is 0 Å². The molecule has 0 unspecified atom stereocenters. The minimum Gasteiger partial charge on any atom is -0.497 e. The molecule has 1 aliphatic rings. The van der Waals surface area contributed by atoms with Crippen LogP contribution in [0.3, 0.4) is 0 Å². The molecule has 1 aliphatic heterocycles. The van der Waals surface area contributed by atoms with Gasteiger partial charge in [0.2, 0.25) is 0 Å². The van der Waals surface area contributed by atoms with Gasteiger partial charge in [-0.25, -0.2) is 0 Å². The number of rotatable bonds is 7. The van der Waals surface area contributed by atoms with Crippen molar-refractivity contribution in [2.24, 2.45) is 5.41 Å². The second-order valence-electron chi connectivity index (χ2n) is 5.00. The third-order valence-electron chi connectivity index (χ3n) is 3.06. The van der Waals surface area contributed by atoms with Gasteiger partial charge >= 0.3 is 0 Å². The standard InChI is InChI=1S/C14H21NO3/c1-14(10-17-11-14)9-15-7-8-18-13-5-3-12(16-2)4-6-13/h3-6,15H,7-11H2,1-2H3. The molecule has 2 rings (SSSR count). The fourth-order valence-corrected chi connectivity index (χ4v) is 1.86. The second-order valence-corrected chi connectivity index (χ2v) is 5.00. The van der Waals surface area contributed by atoms with Crippen molar-refractivity contribution < 1.29 is 14.2 Å². The second kappa shape index (κ2) is 6.07. The van der Waals surface area contributed by atoms with E-state index in [-0.39, 0.29) is 0 Å². The molecule has 0 amide bonds. The van der Waals surface area contributed by atoms with Gasteiger partial charge in [-0.05, 0) is 24.3 Å². The van der Waals surface area contributed by atoms with Crippen molar-refractivity contribution >= 4 is 0 Å². The fourth-order valence-electron chi connectivity index (χ4n) is 1.86. The fraction of sp³-hybridized carbons (Fsp3) is 0.571. The van der Waals surface area contributed by atoms with Crippen molar-refractivity contribution in [3.63, 3.8) is 0 Å². The topological polar surface area (TPSA) is 39.7 Å². The molecule has 0 saturated carbocycles. The molecule has 0 bridgehead atoms. The summed E-state index contributed by atoms with van der Waals surface area (Å²) in [5, 5.41) is 3.39. The minimum atomic E-state index is 0.320. The summed E-state index contributed by atoms with van der Waals surface area (Å²) in [5.41, 5.74) is 0.320. The van der Waals surface area contributed by atoms with Gasteiger partial charge in [-0.2, -0.15) is 0 Å². The summed E-state index contributed by atoms with van der Waals surface area (Å²) in [4.78, 5) is 0. The van der Waals surface area contributed by atoms with E-state index in [4.69, 9.17) is 14.2 Å². The van der Waals surface area contributed by atoms with Crippen LogP contribution in [-0.4, -0.2) is 40.0 Å².